The third kappa shape index (κ3) is 5.35. The molecule has 0 spiro atoms. The number of amides is 1. The number of rotatable bonds is 7. The summed E-state index contributed by atoms with van der Waals surface area (Å²) in [5, 5.41) is 0.886. The van der Waals surface area contributed by atoms with Crippen LogP contribution >= 0.6 is 12.4 Å². The highest BCUT2D eigenvalue weighted by Crippen LogP contribution is 2.39. The van der Waals surface area contributed by atoms with E-state index in [1.807, 2.05) is 77.9 Å². The van der Waals surface area contributed by atoms with Gasteiger partial charge in [0.15, 0.2) is 11.5 Å². The van der Waals surface area contributed by atoms with Crippen molar-refractivity contribution in [1.29, 1.82) is 0 Å². The summed E-state index contributed by atoms with van der Waals surface area (Å²) in [5.41, 5.74) is 8.49. The number of aromatic nitrogens is 1. The smallest absolute Gasteiger partial charge is 0.357 e. The summed E-state index contributed by atoms with van der Waals surface area (Å²) in [4.78, 5) is 42.2. The molecule has 2 fully saturated rings. The summed E-state index contributed by atoms with van der Waals surface area (Å²) in [5.74, 6) is -0.420. The molecule has 0 bridgehead atoms. The molecule has 42 heavy (non-hydrogen) atoms. The van der Waals surface area contributed by atoms with E-state index in [0.717, 1.165) is 41.3 Å². The summed E-state index contributed by atoms with van der Waals surface area (Å²) in [6.45, 7) is 3.72. The van der Waals surface area contributed by atoms with Crippen molar-refractivity contribution < 1.29 is 23.5 Å². The Morgan fingerprint density at radius 2 is 1.76 bits per heavy atom. The van der Waals surface area contributed by atoms with Crippen LogP contribution in [0.5, 0.6) is 0 Å². The van der Waals surface area contributed by atoms with Crippen LogP contribution in [0.1, 0.15) is 73.5 Å². The number of cyclic esters (lactones) is 1. The second-order valence-corrected chi connectivity index (χ2v) is 12.4. The normalized spacial score (nSPS) is 25.5. The monoisotopic (exact) mass is 595 g/mol. The number of ketones is 1. The maximum Gasteiger partial charge on any atom is 0.357 e. The molecule has 7 nitrogen and oxygen atoms in total. The van der Waals surface area contributed by atoms with Gasteiger partial charge in [0.05, 0.1) is 11.6 Å². The van der Waals surface area contributed by atoms with Crippen LogP contribution in [0.15, 0.2) is 54.6 Å². The summed E-state index contributed by atoms with van der Waals surface area (Å²) in [6.07, 6.45) is 3.76. The van der Waals surface area contributed by atoms with Crippen molar-refractivity contribution in [1.82, 2.24) is 9.47 Å². The minimum Gasteiger partial charge on any atom is -0.434 e. The van der Waals surface area contributed by atoms with E-state index in [1.54, 1.807) is 0 Å². The predicted molar refractivity (Wildman–Crippen MR) is 161 cm³/mol. The number of fused-ring (bicyclic) bond motifs is 3. The molecule has 1 amide bonds. The number of Topliss-reactive ketones (excluding diaryl/α,β-unsaturated/α-hetero) is 1. The van der Waals surface area contributed by atoms with Gasteiger partial charge in [-0.25, -0.2) is 9.18 Å². The van der Waals surface area contributed by atoms with Gasteiger partial charge < -0.3 is 15.4 Å². The molecule has 0 unspecified atom stereocenters. The Bertz CT molecular complexity index is 1480. The lowest BCUT2D eigenvalue weighted by Crippen LogP contribution is -2.47. The van der Waals surface area contributed by atoms with Crippen LogP contribution < -0.4 is 5.73 Å². The highest BCUT2D eigenvalue weighted by atomic mass is 35.5. The Kier molecular flexibility index (Phi) is 8.50. The fourth-order valence-electron chi connectivity index (χ4n) is 7.38. The van der Waals surface area contributed by atoms with Gasteiger partial charge in [-0.05, 0) is 81.2 Å². The van der Waals surface area contributed by atoms with Gasteiger partial charge in [0.2, 0.25) is 5.91 Å². The van der Waals surface area contributed by atoms with Gasteiger partial charge in [-0.3, -0.25) is 14.2 Å². The van der Waals surface area contributed by atoms with Gasteiger partial charge in [-0.1, -0.05) is 36.4 Å². The molecule has 2 aliphatic heterocycles. The Balaban J connectivity index is 0.00000353. The first-order valence-corrected chi connectivity index (χ1v) is 14.8. The largest absolute Gasteiger partial charge is 0.434 e. The summed E-state index contributed by atoms with van der Waals surface area (Å²) < 4.78 is 20.5. The van der Waals surface area contributed by atoms with E-state index >= 15 is 0 Å². The van der Waals surface area contributed by atoms with Gasteiger partial charge in [0.25, 0.3) is 0 Å². The second-order valence-electron chi connectivity index (χ2n) is 12.4. The molecule has 2 aromatic carbocycles. The van der Waals surface area contributed by atoms with E-state index in [1.165, 1.54) is 0 Å². The van der Waals surface area contributed by atoms with Crippen molar-refractivity contribution in [2.24, 2.45) is 17.6 Å². The van der Waals surface area contributed by atoms with E-state index in [0.29, 0.717) is 25.1 Å². The highest BCUT2D eigenvalue weighted by molar-refractivity contribution is 5.99. The second kappa shape index (κ2) is 11.8. The van der Waals surface area contributed by atoms with Crippen LogP contribution in [0.3, 0.4) is 0 Å². The Labute approximate surface area is 252 Å². The molecule has 3 aromatic rings. The van der Waals surface area contributed by atoms with E-state index in [4.69, 9.17) is 10.5 Å². The Morgan fingerprint density at radius 3 is 2.45 bits per heavy atom. The maximum absolute atomic E-state index is 14.1. The molecule has 6 rings (SSSR count). The summed E-state index contributed by atoms with van der Waals surface area (Å²) in [6, 6.07) is 16.6. The molecule has 3 aliphatic rings. The van der Waals surface area contributed by atoms with E-state index in [9.17, 15) is 18.8 Å². The molecule has 9 heteroatoms. The molecule has 1 aromatic heterocycles. The number of carbonyl (C=O) groups is 3. The third-order valence-electron chi connectivity index (χ3n) is 9.48. The first kappa shape index (κ1) is 30.2. The number of nitrogens with two attached hydrogens (primary N) is 1. The van der Waals surface area contributed by atoms with Crippen molar-refractivity contribution in [2.75, 3.05) is 13.2 Å². The lowest BCUT2D eigenvalue weighted by Gasteiger charge is -2.35. The fourth-order valence-corrected chi connectivity index (χ4v) is 7.38. The number of ether oxygens (including phenoxy) is 1. The molecule has 0 radical (unpaired) electrons. The standard InChI is InChI=1S/C33H38FN3O4.ClH/c1-33(2)37-27-13-8-20(16-24(27)18-28(37)32(40)41-33)17-29(38)30-25(21-6-4-3-5-7-21)14-15-36(30)31(39)23-11-9-22(10-12-23)26(35)19-34;/h3-8,13,16,18,22-23,25-26,30H,9-12,14-15,17,19,35H2,1-2H3;1H/t22?,23?,25-,26+,30-;/m0./s1. The van der Waals surface area contributed by atoms with Crippen molar-refractivity contribution >= 4 is 41.0 Å². The lowest BCUT2D eigenvalue weighted by molar-refractivity contribution is -0.142. The number of nitrogens with zero attached hydrogens (tertiary/aromatic N) is 2. The van der Waals surface area contributed by atoms with Gasteiger partial charge in [0.1, 0.15) is 12.4 Å². The zero-order chi connectivity index (χ0) is 28.9. The highest BCUT2D eigenvalue weighted by Gasteiger charge is 2.44. The minimum absolute atomic E-state index is 0. The van der Waals surface area contributed by atoms with Crippen LogP contribution in [0.25, 0.3) is 10.9 Å². The van der Waals surface area contributed by atoms with E-state index in [2.05, 4.69) is 0 Å². The van der Waals surface area contributed by atoms with Crippen molar-refractivity contribution in [3.63, 3.8) is 0 Å². The molecule has 1 saturated carbocycles. The number of likely N-dealkylation sites (tertiary alicyclic amines) is 1. The average molecular weight is 596 g/mol. The van der Waals surface area contributed by atoms with Crippen LogP contribution in [-0.4, -0.2) is 52.4 Å². The predicted octanol–water partition coefficient (Wildman–Crippen LogP) is 5.53. The summed E-state index contributed by atoms with van der Waals surface area (Å²) in [7, 11) is 0. The molecule has 2 N–H and O–H groups in total. The fraction of sp³-hybridized carbons (Fsp3) is 0.485. The van der Waals surface area contributed by atoms with E-state index in [-0.39, 0.29) is 54.2 Å². The number of esters is 1. The van der Waals surface area contributed by atoms with Crippen LogP contribution in [0, 0.1) is 11.8 Å². The number of carbonyl (C=O) groups excluding carboxylic acids is 3. The molecular formula is C33H39ClFN3O4. The number of hydrogen-bond donors (Lipinski definition) is 1. The lowest BCUT2D eigenvalue weighted by atomic mass is 9.78. The van der Waals surface area contributed by atoms with Gasteiger partial charge in [0, 0.05) is 36.2 Å². The number of hydrogen-bond acceptors (Lipinski definition) is 5. The Hall–Kier alpha value is -3.23. The number of benzene rings is 2. The average Bonchev–Trinajstić information content (AvgIpc) is 3.65. The van der Waals surface area contributed by atoms with Crippen molar-refractivity contribution in [3.05, 3.63) is 71.4 Å². The van der Waals surface area contributed by atoms with Crippen molar-refractivity contribution in [2.45, 2.75) is 76.1 Å². The SMILES string of the molecule is CC1(C)OC(=O)c2cc3cc(CC(=O)[C@@H]4[C@H](c5ccccc5)CCN4C(=O)C4CCC([C@H](N)CF)CC4)ccc3n21.Cl. The third-order valence-corrected chi connectivity index (χ3v) is 9.48. The number of alkyl halides is 1. The molecule has 224 valence electrons. The first-order chi connectivity index (χ1) is 19.7. The van der Waals surface area contributed by atoms with Gasteiger partial charge in [-0.2, -0.15) is 0 Å². The van der Waals surface area contributed by atoms with Crippen LogP contribution in [-0.2, 0) is 26.5 Å². The zero-order valence-electron chi connectivity index (χ0n) is 24.1. The van der Waals surface area contributed by atoms with Crippen molar-refractivity contribution in [3.8, 4) is 0 Å². The van der Waals surface area contributed by atoms with Gasteiger partial charge >= 0.3 is 5.97 Å². The molecule has 1 aliphatic carbocycles. The number of halogens is 2. The molecule has 1 saturated heterocycles. The van der Waals surface area contributed by atoms with Crippen LogP contribution in [0.2, 0.25) is 0 Å². The quantitative estimate of drug-likeness (QED) is 0.363. The molecular weight excluding hydrogens is 557 g/mol. The maximum atomic E-state index is 14.1. The zero-order valence-corrected chi connectivity index (χ0v) is 24.9. The molecule has 3 heterocycles. The summed E-state index contributed by atoms with van der Waals surface area (Å²) >= 11 is 0. The topological polar surface area (TPSA) is 94.6 Å². The Morgan fingerprint density at radius 1 is 1.05 bits per heavy atom. The van der Waals surface area contributed by atoms with Gasteiger partial charge in [-0.15, -0.1) is 12.4 Å². The van der Waals surface area contributed by atoms with Crippen LogP contribution in [0.4, 0.5) is 4.39 Å². The first-order valence-electron chi connectivity index (χ1n) is 14.8. The molecule has 3 atom stereocenters. The minimum atomic E-state index is -0.769. The van der Waals surface area contributed by atoms with E-state index < -0.39 is 24.5 Å².